The molecule has 0 spiro atoms. The van der Waals surface area contributed by atoms with Gasteiger partial charge in [-0.2, -0.15) is 0 Å². The minimum Gasteiger partial charge on any atom is -0.455 e. The monoisotopic (exact) mass is 651 g/mol. The van der Waals surface area contributed by atoms with Crippen LogP contribution in [-0.4, -0.2) is 15.0 Å². The molecule has 0 N–H and O–H groups in total. The third-order valence-corrected chi connectivity index (χ3v) is 9.74. The summed E-state index contributed by atoms with van der Waals surface area (Å²) in [6.07, 6.45) is 0. The Morgan fingerprint density at radius 3 is 1.75 bits per heavy atom. The molecule has 0 unspecified atom stereocenters. The van der Waals surface area contributed by atoms with E-state index in [1.807, 2.05) is 42.5 Å². The van der Waals surface area contributed by atoms with Gasteiger partial charge in [-0.1, -0.05) is 152 Å². The van der Waals surface area contributed by atoms with E-state index in [2.05, 4.69) is 133 Å². The maximum absolute atomic E-state index is 6.66. The normalized spacial score (nSPS) is 11.5. The van der Waals surface area contributed by atoms with Gasteiger partial charge in [0, 0.05) is 33.0 Å². The molecule has 0 aliphatic rings. The van der Waals surface area contributed by atoms with Gasteiger partial charge in [0.15, 0.2) is 17.5 Å². The van der Waals surface area contributed by atoms with Gasteiger partial charge in [0.05, 0.1) is 0 Å². The van der Waals surface area contributed by atoms with Crippen molar-refractivity contribution < 1.29 is 4.42 Å². The first-order chi connectivity index (χ1) is 25.3. The van der Waals surface area contributed by atoms with E-state index in [-0.39, 0.29) is 0 Å². The summed E-state index contributed by atoms with van der Waals surface area (Å²) in [5.74, 6) is 1.83. The van der Waals surface area contributed by atoms with Gasteiger partial charge in [-0.3, -0.25) is 0 Å². The average Bonchev–Trinajstić information content (AvgIpc) is 3.60. The number of nitrogens with zero attached hydrogens (tertiary/aromatic N) is 3. The highest BCUT2D eigenvalue weighted by atomic mass is 16.3. The zero-order valence-electron chi connectivity index (χ0n) is 27.5. The lowest BCUT2D eigenvalue weighted by Crippen LogP contribution is -2.00. The molecule has 2 heterocycles. The SMILES string of the molecule is c1ccc(-c2nc(-c3ccc(-c4cccc5ccccc45)cc3)nc(-c3ccc(-c4ccc5ccccc5c4)c4oc5ccccc5c34)n2)cc1. The van der Waals surface area contributed by atoms with Gasteiger partial charge in [-0.15, -0.1) is 0 Å². The van der Waals surface area contributed by atoms with Crippen molar-refractivity contribution in [1.29, 1.82) is 0 Å². The number of rotatable bonds is 5. The van der Waals surface area contributed by atoms with E-state index >= 15 is 0 Å². The first kappa shape index (κ1) is 29.0. The second-order valence-corrected chi connectivity index (χ2v) is 12.8. The van der Waals surface area contributed by atoms with E-state index in [1.165, 1.54) is 27.1 Å². The molecule has 0 bridgehead atoms. The lowest BCUT2D eigenvalue weighted by molar-refractivity contribution is 0.670. The Morgan fingerprint density at radius 1 is 0.333 bits per heavy atom. The van der Waals surface area contributed by atoms with E-state index in [9.17, 15) is 0 Å². The van der Waals surface area contributed by atoms with E-state index in [0.29, 0.717) is 17.5 Å². The quantitative estimate of drug-likeness (QED) is 0.186. The lowest BCUT2D eigenvalue weighted by atomic mass is 9.96. The molecule has 0 fully saturated rings. The lowest BCUT2D eigenvalue weighted by Gasteiger charge is -2.12. The number of hydrogen-bond acceptors (Lipinski definition) is 4. The highest BCUT2D eigenvalue weighted by Gasteiger charge is 2.21. The number of para-hydroxylation sites is 1. The van der Waals surface area contributed by atoms with E-state index < -0.39 is 0 Å². The zero-order valence-corrected chi connectivity index (χ0v) is 27.5. The summed E-state index contributed by atoms with van der Waals surface area (Å²) in [4.78, 5) is 15.3. The molecule has 8 aromatic carbocycles. The van der Waals surface area contributed by atoms with Crippen LogP contribution in [0.4, 0.5) is 0 Å². The summed E-state index contributed by atoms with van der Waals surface area (Å²) in [5, 5.41) is 6.84. The van der Waals surface area contributed by atoms with Gasteiger partial charge in [0.25, 0.3) is 0 Å². The maximum atomic E-state index is 6.66. The van der Waals surface area contributed by atoms with Crippen LogP contribution in [0.3, 0.4) is 0 Å². The molecule has 0 radical (unpaired) electrons. The van der Waals surface area contributed by atoms with Crippen molar-refractivity contribution in [2.75, 3.05) is 0 Å². The zero-order chi connectivity index (χ0) is 33.7. The molecule has 0 amide bonds. The summed E-state index contributed by atoms with van der Waals surface area (Å²) >= 11 is 0. The van der Waals surface area contributed by atoms with Crippen LogP contribution in [0, 0.1) is 0 Å². The molecule has 0 saturated heterocycles. The molecule has 238 valence electrons. The van der Waals surface area contributed by atoms with E-state index in [0.717, 1.165) is 55.3 Å². The van der Waals surface area contributed by atoms with Crippen molar-refractivity contribution in [3.05, 3.63) is 176 Å². The summed E-state index contributed by atoms with van der Waals surface area (Å²) < 4.78 is 6.66. The van der Waals surface area contributed by atoms with Crippen LogP contribution in [0.15, 0.2) is 180 Å². The molecule has 10 aromatic rings. The minimum atomic E-state index is 0.596. The summed E-state index contributed by atoms with van der Waals surface area (Å²) in [6, 6.07) is 61.0. The van der Waals surface area contributed by atoms with Crippen LogP contribution >= 0.6 is 0 Å². The second kappa shape index (κ2) is 11.9. The Balaban J connectivity index is 1.16. The second-order valence-electron chi connectivity index (χ2n) is 12.8. The Bertz CT molecular complexity index is 2900. The molecular weight excluding hydrogens is 623 g/mol. The fourth-order valence-corrected chi connectivity index (χ4v) is 7.22. The molecule has 0 atom stereocenters. The third kappa shape index (κ3) is 5.04. The van der Waals surface area contributed by atoms with Crippen LogP contribution in [0.5, 0.6) is 0 Å². The number of hydrogen-bond donors (Lipinski definition) is 0. The van der Waals surface area contributed by atoms with E-state index in [4.69, 9.17) is 19.4 Å². The predicted molar refractivity (Wildman–Crippen MR) is 209 cm³/mol. The van der Waals surface area contributed by atoms with Crippen LogP contribution in [0.1, 0.15) is 0 Å². The fourth-order valence-electron chi connectivity index (χ4n) is 7.22. The van der Waals surface area contributed by atoms with Gasteiger partial charge in [0.1, 0.15) is 11.2 Å². The molecule has 2 aromatic heterocycles. The molecule has 4 nitrogen and oxygen atoms in total. The van der Waals surface area contributed by atoms with Gasteiger partial charge in [0.2, 0.25) is 0 Å². The minimum absolute atomic E-state index is 0.596. The van der Waals surface area contributed by atoms with Crippen molar-refractivity contribution in [3.8, 4) is 56.4 Å². The highest BCUT2D eigenvalue weighted by molar-refractivity contribution is 6.16. The number of benzene rings is 8. The first-order valence-corrected chi connectivity index (χ1v) is 17.1. The van der Waals surface area contributed by atoms with Crippen molar-refractivity contribution in [1.82, 2.24) is 15.0 Å². The maximum Gasteiger partial charge on any atom is 0.164 e. The average molecular weight is 652 g/mol. The van der Waals surface area contributed by atoms with Crippen LogP contribution < -0.4 is 0 Å². The Hall–Kier alpha value is -6.91. The van der Waals surface area contributed by atoms with Crippen molar-refractivity contribution >= 4 is 43.5 Å². The molecule has 10 rings (SSSR count). The molecule has 0 saturated carbocycles. The van der Waals surface area contributed by atoms with Gasteiger partial charge in [-0.05, 0) is 62.5 Å². The van der Waals surface area contributed by atoms with Gasteiger partial charge >= 0.3 is 0 Å². The first-order valence-electron chi connectivity index (χ1n) is 17.1. The smallest absolute Gasteiger partial charge is 0.164 e. The van der Waals surface area contributed by atoms with Gasteiger partial charge < -0.3 is 4.42 Å². The summed E-state index contributed by atoms with van der Waals surface area (Å²) in [7, 11) is 0. The topological polar surface area (TPSA) is 51.8 Å². The summed E-state index contributed by atoms with van der Waals surface area (Å²) in [5.41, 5.74) is 8.83. The number of furan rings is 1. The van der Waals surface area contributed by atoms with Crippen molar-refractivity contribution in [3.63, 3.8) is 0 Å². The standard InChI is InChI=1S/C47H29N3O/c1-2-13-33(14-3-1)45-48-46(34-24-22-32(23-25-34)38-19-10-16-31-12-6-7-17-37(31)38)50-47(49-45)41-28-27-39(36-26-21-30-11-4-5-15-35(30)29-36)44-43(41)40-18-8-9-20-42(40)51-44/h1-29H. The Labute approximate surface area is 294 Å². The van der Waals surface area contributed by atoms with Crippen LogP contribution in [-0.2, 0) is 0 Å². The third-order valence-electron chi connectivity index (χ3n) is 9.74. The number of fused-ring (bicyclic) bond motifs is 5. The Morgan fingerprint density at radius 2 is 0.922 bits per heavy atom. The largest absolute Gasteiger partial charge is 0.455 e. The highest BCUT2D eigenvalue weighted by Crippen LogP contribution is 2.42. The fraction of sp³-hybridized carbons (Fsp3) is 0. The molecule has 0 aliphatic heterocycles. The Kier molecular flexibility index (Phi) is 6.78. The molecule has 0 aliphatic carbocycles. The number of aromatic nitrogens is 3. The molecular formula is C47H29N3O. The van der Waals surface area contributed by atoms with E-state index in [1.54, 1.807) is 0 Å². The molecule has 4 heteroatoms. The van der Waals surface area contributed by atoms with Crippen molar-refractivity contribution in [2.24, 2.45) is 0 Å². The predicted octanol–water partition coefficient (Wildman–Crippen LogP) is 12.4. The van der Waals surface area contributed by atoms with Crippen LogP contribution in [0.2, 0.25) is 0 Å². The summed E-state index contributed by atoms with van der Waals surface area (Å²) in [6.45, 7) is 0. The van der Waals surface area contributed by atoms with Gasteiger partial charge in [-0.25, -0.2) is 15.0 Å². The van der Waals surface area contributed by atoms with Crippen molar-refractivity contribution in [2.45, 2.75) is 0 Å². The van der Waals surface area contributed by atoms with Crippen LogP contribution in [0.25, 0.3) is 99.9 Å². The molecule has 51 heavy (non-hydrogen) atoms.